The van der Waals surface area contributed by atoms with Crippen LogP contribution in [0.3, 0.4) is 0 Å². The van der Waals surface area contributed by atoms with Crippen LogP contribution in [0.4, 0.5) is 0 Å². The molecule has 0 saturated heterocycles. The summed E-state index contributed by atoms with van der Waals surface area (Å²) in [6.07, 6.45) is 6.86. The minimum atomic E-state index is 0.678. The summed E-state index contributed by atoms with van der Waals surface area (Å²) in [6.45, 7) is 16.9. The Hall–Kier alpha value is -0.780. The molecule has 0 fully saturated rings. The Kier molecular flexibility index (Phi) is 9.71. The smallest absolute Gasteiger partial charge is 0.0188 e. The maximum absolute atomic E-state index is 2.47. The average Bonchev–Trinajstić information content (AvgIpc) is 2.46. The zero-order valence-electron chi connectivity index (χ0n) is 17.4. The summed E-state index contributed by atoms with van der Waals surface area (Å²) in [5.74, 6) is 4.93. The summed E-state index contributed by atoms with van der Waals surface area (Å²) in [5, 5.41) is 0. The maximum Gasteiger partial charge on any atom is -0.0188 e. The summed E-state index contributed by atoms with van der Waals surface area (Å²) >= 11 is 0. The monoisotopic (exact) mass is 330 g/mol. The first kappa shape index (κ1) is 21.3. The van der Waals surface area contributed by atoms with E-state index in [1.807, 2.05) is 0 Å². The van der Waals surface area contributed by atoms with E-state index in [0.717, 1.165) is 29.6 Å². The SMILES string of the molecule is CC(C)CC(C)CC(C)CC(C)CC(C)CC(C)c1ccccc1. The van der Waals surface area contributed by atoms with Crippen LogP contribution in [-0.4, -0.2) is 0 Å². The molecule has 0 heterocycles. The Morgan fingerprint density at radius 2 is 0.958 bits per heavy atom. The molecular formula is C24H42. The van der Waals surface area contributed by atoms with Crippen molar-refractivity contribution >= 4 is 0 Å². The van der Waals surface area contributed by atoms with Crippen LogP contribution >= 0.6 is 0 Å². The van der Waals surface area contributed by atoms with Crippen molar-refractivity contribution in [1.82, 2.24) is 0 Å². The Bertz CT molecular complexity index is 419. The molecular weight excluding hydrogens is 288 g/mol. The van der Waals surface area contributed by atoms with E-state index in [4.69, 9.17) is 0 Å². The highest BCUT2D eigenvalue weighted by molar-refractivity contribution is 5.18. The lowest BCUT2D eigenvalue weighted by Crippen LogP contribution is -2.12. The lowest BCUT2D eigenvalue weighted by atomic mass is 9.81. The van der Waals surface area contributed by atoms with Crippen molar-refractivity contribution < 1.29 is 0 Å². The molecule has 0 saturated carbocycles. The van der Waals surface area contributed by atoms with Crippen molar-refractivity contribution in [3.63, 3.8) is 0 Å². The zero-order chi connectivity index (χ0) is 18.1. The van der Waals surface area contributed by atoms with E-state index in [1.54, 1.807) is 0 Å². The third kappa shape index (κ3) is 8.90. The molecule has 138 valence electrons. The molecule has 0 N–H and O–H groups in total. The predicted octanol–water partition coefficient (Wildman–Crippen LogP) is 7.94. The van der Waals surface area contributed by atoms with Gasteiger partial charge in [-0.05, 0) is 73.2 Å². The average molecular weight is 331 g/mol. The Morgan fingerprint density at radius 3 is 1.42 bits per heavy atom. The highest BCUT2D eigenvalue weighted by atomic mass is 14.2. The summed E-state index contributed by atoms with van der Waals surface area (Å²) in [4.78, 5) is 0. The van der Waals surface area contributed by atoms with E-state index in [0.29, 0.717) is 5.92 Å². The normalized spacial score (nSPS) is 18.2. The van der Waals surface area contributed by atoms with Gasteiger partial charge < -0.3 is 0 Å². The van der Waals surface area contributed by atoms with Crippen molar-refractivity contribution in [1.29, 1.82) is 0 Å². The van der Waals surface area contributed by atoms with E-state index >= 15 is 0 Å². The van der Waals surface area contributed by atoms with Gasteiger partial charge in [0, 0.05) is 0 Å². The summed E-state index contributed by atoms with van der Waals surface area (Å²) in [5.41, 5.74) is 1.49. The Balaban J connectivity index is 2.31. The molecule has 0 aliphatic rings. The van der Waals surface area contributed by atoms with Crippen LogP contribution in [0.2, 0.25) is 0 Å². The molecule has 0 amide bonds. The summed E-state index contributed by atoms with van der Waals surface area (Å²) in [6, 6.07) is 11.0. The van der Waals surface area contributed by atoms with Crippen molar-refractivity contribution in [2.24, 2.45) is 29.6 Å². The van der Waals surface area contributed by atoms with Crippen LogP contribution in [0.25, 0.3) is 0 Å². The van der Waals surface area contributed by atoms with Gasteiger partial charge in [-0.15, -0.1) is 0 Å². The molecule has 0 aromatic heterocycles. The second-order valence-corrected chi connectivity index (χ2v) is 9.30. The number of rotatable bonds is 11. The quantitative estimate of drug-likeness (QED) is 0.386. The van der Waals surface area contributed by atoms with Crippen LogP contribution in [0.5, 0.6) is 0 Å². The zero-order valence-corrected chi connectivity index (χ0v) is 17.4. The van der Waals surface area contributed by atoms with E-state index in [2.05, 4.69) is 78.8 Å². The number of benzene rings is 1. The van der Waals surface area contributed by atoms with Gasteiger partial charge in [0.25, 0.3) is 0 Å². The fourth-order valence-corrected chi connectivity index (χ4v) is 4.77. The highest BCUT2D eigenvalue weighted by Gasteiger charge is 2.17. The summed E-state index contributed by atoms with van der Waals surface area (Å²) in [7, 11) is 0. The van der Waals surface area contributed by atoms with Crippen molar-refractivity contribution in [2.75, 3.05) is 0 Å². The van der Waals surface area contributed by atoms with Gasteiger partial charge in [-0.2, -0.15) is 0 Å². The van der Waals surface area contributed by atoms with Crippen LogP contribution < -0.4 is 0 Å². The van der Waals surface area contributed by atoms with Crippen LogP contribution in [-0.2, 0) is 0 Å². The molecule has 1 aromatic rings. The van der Waals surface area contributed by atoms with Gasteiger partial charge >= 0.3 is 0 Å². The van der Waals surface area contributed by atoms with E-state index in [1.165, 1.54) is 37.7 Å². The second kappa shape index (κ2) is 11.0. The van der Waals surface area contributed by atoms with E-state index < -0.39 is 0 Å². The van der Waals surface area contributed by atoms with Gasteiger partial charge in [-0.1, -0.05) is 78.8 Å². The molecule has 0 aliphatic heterocycles. The number of hydrogen-bond acceptors (Lipinski definition) is 0. The van der Waals surface area contributed by atoms with Gasteiger partial charge in [0.05, 0.1) is 0 Å². The van der Waals surface area contributed by atoms with Gasteiger partial charge in [0.15, 0.2) is 0 Å². The van der Waals surface area contributed by atoms with Gasteiger partial charge in [0.2, 0.25) is 0 Å². The van der Waals surface area contributed by atoms with Gasteiger partial charge in [0.1, 0.15) is 0 Å². The van der Waals surface area contributed by atoms with Gasteiger partial charge in [-0.25, -0.2) is 0 Å². The highest BCUT2D eigenvalue weighted by Crippen LogP contribution is 2.30. The molecule has 5 atom stereocenters. The fourth-order valence-electron chi connectivity index (χ4n) is 4.77. The Labute approximate surface area is 152 Å². The predicted molar refractivity (Wildman–Crippen MR) is 109 cm³/mol. The fraction of sp³-hybridized carbons (Fsp3) is 0.750. The minimum absolute atomic E-state index is 0.678. The first-order valence-electron chi connectivity index (χ1n) is 10.3. The molecule has 0 aliphatic carbocycles. The third-order valence-corrected chi connectivity index (χ3v) is 5.41. The molecule has 24 heavy (non-hydrogen) atoms. The van der Waals surface area contributed by atoms with Crippen LogP contribution in [0.1, 0.15) is 92.1 Å². The Morgan fingerprint density at radius 1 is 0.542 bits per heavy atom. The molecule has 1 aromatic carbocycles. The van der Waals surface area contributed by atoms with Crippen LogP contribution in [0.15, 0.2) is 30.3 Å². The molecule has 0 radical (unpaired) electrons. The first-order chi connectivity index (χ1) is 11.3. The first-order valence-corrected chi connectivity index (χ1v) is 10.3. The van der Waals surface area contributed by atoms with Crippen LogP contribution in [0, 0.1) is 29.6 Å². The molecule has 0 heteroatoms. The minimum Gasteiger partial charge on any atom is -0.0628 e. The standard InChI is InChI=1S/C24H42/c1-18(2)13-19(3)14-20(4)15-21(5)16-22(6)17-23(7)24-11-9-8-10-12-24/h8-12,18-23H,13-17H2,1-7H3. The third-order valence-electron chi connectivity index (χ3n) is 5.41. The lowest BCUT2D eigenvalue weighted by molar-refractivity contribution is 0.283. The molecule has 5 unspecified atom stereocenters. The summed E-state index contributed by atoms with van der Waals surface area (Å²) < 4.78 is 0. The maximum atomic E-state index is 2.47. The van der Waals surface area contributed by atoms with Crippen molar-refractivity contribution in [2.45, 2.75) is 86.5 Å². The van der Waals surface area contributed by atoms with Gasteiger partial charge in [-0.3, -0.25) is 0 Å². The topological polar surface area (TPSA) is 0 Å². The molecule has 0 bridgehead atoms. The molecule has 0 nitrogen and oxygen atoms in total. The van der Waals surface area contributed by atoms with Crippen molar-refractivity contribution in [3.05, 3.63) is 35.9 Å². The largest absolute Gasteiger partial charge is 0.0628 e. The molecule has 1 rings (SSSR count). The lowest BCUT2D eigenvalue weighted by Gasteiger charge is -2.25. The van der Waals surface area contributed by atoms with E-state index in [9.17, 15) is 0 Å². The van der Waals surface area contributed by atoms with E-state index in [-0.39, 0.29) is 0 Å². The second-order valence-electron chi connectivity index (χ2n) is 9.30. The van der Waals surface area contributed by atoms with Crippen molar-refractivity contribution in [3.8, 4) is 0 Å². The number of hydrogen-bond donors (Lipinski definition) is 0. The molecule has 0 spiro atoms.